The molecule has 0 aliphatic heterocycles. The van der Waals surface area contributed by atoms with Crippen molar-refractivity contribution in [3.8, 4) is 0 Å². The molecule has 74 valence electrons. The smallest absolute Gasteiger partial charge is 0.0939 e. The molecule has 13 heavy (non-hydrogen) atoms. The van der Waals surface area contributed by atoms with Crippen molar-refractivity contribution < 1.29 is 0 Å². The Kier molecular flexibility index (Phi) is 4.73. The standard InChI is InChI=1S/C9H16N2S2/c1-8-7-9(11(2)10-8)13-6-4-3-5-12/h7,12H,3-6H2,1-2H3. The van der Waals surface area contributed by atoms with Crippen LogP contribution in [-0.4, -0.2) is 21.3 Å². The SMILES string of the molecule is Cc1cc(SCCCCS)n(C)n1. The van der Waals surface area contributed by atoms with Gasteiger partial charge in [-0.1, -0.05) is 0 Å². The summed E-state index contributed by atoms with van der Waals surface area (Å²) in [6.45, 7) is 2.03. The summed E-state index contributed by atoms with van der Waals surface area (Å²) in [6, 6.07) is 2.13. The summed E-state index contributed by atoms with van der Waals surface area (Å²) in [7, 11) is 1.99. The van der Waals surface area contributed by atoms with Gasteiger partial charge in [0.1, 0.15) is 0 Å². The van der Waals surface area contributed by atoms with E-state index in [2.05, 4.69) is 23.8 Å². The van der Waals surface area contributed by atoms with Crippen LogP contribution in [0, 0.1) is 6.92 Å². The number of unbranched alkanes of at least 4 members (excludes halogenated alkanes) is 1. The lowest BCUT2D eigenvalue weighted by atomic mass is 10.4. The summed E-state index contributed by atoms with van der Waals surface area (Å²) in [5, 5.41) is 5.55. The minimum atomic E-state index is 0.991. The second-order valence-corrected chi connectivity index (χ2v) is 4.59. The Morgan fingerprint density at radius 2 is 2.31 bits per heavy atom. The summed E-state index contributed by atoms with van der Waals surface area (Å²) in [5.41, 5.74) is 1.10. The maximum Gasteiger partial charge on any atom is 0.0939 e. The van der Waals surface area contributed by atoms with Gasteiger partial charge in [-0.15, -0.1) is 11.8 Å². The summed E-state index contributed by atoms with van der Waals surface area (Å²) < 4.78 is 1.95. The second-order valence-electron chi connectivity index (χ2n) is 3.03. The third-order valence-corrected chi connectivity index (χ3v) is 3.25. The van der Waals surface area contributed by atoms with E-state index in [0.717, 1.165) is 11.4 Å². The molecule has 0 aliphatic carbocycles. The molecule has 0 radical (unpaired) electrons. The molecule has 0 aliphatic rings. The van der Waals surface area contributed by atoms with Gasteiger partial charge in [0, 0.05) is 7.05 Å². The first-order chi connectivity index (χ1) is 6.24. The predicted octanol–water partition coefficient (Wildman–Crippen LogP) is 2.53. The Bertz CT molecular complexity index is 258. The van der Waals surface area contributed by atoms with E-state index in [1.54, 1.807) is 0 Å². The number of aromatic nitrogens is 2. The van der Waals surface area contributed by atoms with Gasteiger partial charge in [0.2, 0.25) is 0 Å². The zero-order valence-electron chi connectivity index (χ0n) is 8.16. The van der Waals surface area contributed by atoms with Crippen molar-refractivity contribution in [1.29, 1.82) is 0 Å². The van der Waals surface area contributed by atoms with Gasteiger partial charge in [-0.2, -0.15) is 17.7 Å². The van der Waals surface area contributed by atoms with Gasteiger partial charge in [-0.25, -0.2) is 0 Å². The average Bonchev–Trinajstić information content (AvgIpc) is 2.39. The number of nitrogens with zero attached hydrogens (tertiary/aromatic N) is 2. The van der Waals surface area contributed by atoms with Crippen molar-refractivity contribution in [2.24, 2.45) is 7.05 Å². The molecule has 1 aromatic heterocycles. The minimum Gasteiger partial charge on any atom is -0.262 e. The molecule has 1 rings (SSSR count). The van der Waals surface area contributed by atoms with Gasteiger partial charge >= 0.3 is 0 Å². The highest BCUT2D eigenvalue weighted by Crippen LogP contribution is 2.19. The van der Waals surface area contributed by atoms with Crippen LogP contribution in [0.3, 0.4) is 0 Å². The van der Waals surface area contributed by atoms with Crippen LogP contribution in [-0.2, 0) is 7.05 Å². The van der Waals surface area contributed by atoms with E-state index in [0.29, 0.717) is 0 Å². The highest BCUT2D eigenvalue weighted by molar-refractivity contribution is 7.99. The van der Waals surface area contributed by atoms with Crippen molar-refractivity contribution >= 4 is 24.4 Å². The normalized spacial score (nSPS) is 10.7. The van der Waals surface area contributed by atoms with Crippen LogP contribution in [0.4, 0.5) is 0 Å². The molecule has 4 heteroatoms. The zero-order valence-corrected chi connectivity index (χ0v) is 9.87. The lowest BCUT2D eigenvalue weighted by molar-refractivity contribution is 0.692. The van der Waals surface area contributed by atoms with Crippen molar-refractivity contribution in [2.75, 3.05) is 11.5 Å². The molecule has 2 nitrogen and oxygen atoms in total. The van der Waals surface area contributed by atoms with Gasteiger partial charge in [0.05, 0.1) is 10.7 Å². The predicted molar refractivity (Wildman–Crippen MR) is 61.8 cm³/mol. The summed E-state index contributed by atoms with van der Waals surface area (Å²) in [5.74, 6) is 2.16. The highest BCUT2D eigenvalue weighted by atomic mass is 32.2. The molecule has 1 heterocycles. The van der Waals surface area contributed by atoms with E-state index in [1.165, 1.54) is 23.6 Å². The minimum absolute atomic E-state index is 0.991. The molecule has 0 amide bonds. The number of hydrogen-bond donors (Lipinski definition) is 1. The fraction of sp³-hybridized carbons (Fsp3) is 0.667. The van der Waals surface area contributed by atoms with E-state index in [1.807, 2.05) is 30.4 Å². The summed E-state index contributed by atoms with van der Waals surface area (Å²) in [4.78, 5) is 0. The van der Waals surface area contributed by atoms with Crippen LogP contribution in [0.15, 0.2) is 11.1 Å². The first-order valence-corrected chi connectivity index (χ1v) is 6.10. The van der Waals surface area contributed by atoms with Crippen molar-refractivity contribution in [1.82, 2.24) is 9.78 Å². The lowest BCUT2D eigenvalue weighted by Crippen LogP contribution is -1.93. The van der Waals surface area contributed by atoms with Gasteiger partial charge in [-0.3, -0.25) is 4.68 Å². The van der Waals surface area contributed by atoms with Crippen LogP contribution in [0.2, 0.25) is 0 Å². The second kappa shape index (κ2) is 5.60. The van der Waals surface area contributed by atoms with Gasteiger partial charge in [0.15, 0.2) is 0 Å². The molecule has 0 unspecified atom stereocenters. The van der Waals surface area contributed by atoms with E-state index in [4.69, 9.17) is 0 Å². The first kappa shape index (κ1) is 11.0. The molecule has 0 aromatic carbocycles. The molecule has 0 saturated carbocycles. The maximum atomic E-state index is 4.29. The number of thiol groups is 1. The van der Waals surface area contributed by atoms with Crippen molar-refractivity contribution in [3.05, 3.63) is 11.8 Å². The van der Waals surface area contributed by atoms with Crippen LogP contribution >= 0.6 is 24.4 Å². The molecule has 0 fully saturated rings. The van der Waals surface area contributed by atoms with E-state index in [-0.39, 0.29) is 0 Å². The van der Waals surface area contributed by atoms with Crippen LogP contribution in [0.25, 0.3) is 0 Å². The maximum absolute atomic E-state index is 4.29. The number of rotatable bonds is 5. The molecular weight excluding hydrogens is 200 g/mol. The highest BCUT2D eigenvalue weighted by Gasteiger charge is 2.01. The Labute approximate surface area is 89.5 Å². The van der Waals surface area contributed by atoms with Gasteiger partial charge in [-0.05, 0) is 37.3 Å². The van der Waals surface area contributed by atoms with Crippen molar-refractivity contribution in [2.45, 2.75) is 24.8 Å². The molecule has 0 atom stereocenters. The fourth-order valence-electron chi connectivity index (χ4n) is 1.11. The Morgan fingerprint density at radius 3 is 2.85 bits per heavy atom. The largest absolute Gasteiger partial charge is 0.262 e. The first-order valence-electron chi connectivity index (χ1n) is 4.48. The van der Waals surface area contributed by atoms with Crippen LogP contribution in [0.1, 0.15) is 18.5 Å². The number of hydrogen-bond acceptors (Lipinski definition) is 3. The number of aryl methyl sites for hydroxylation is 2. The Morgan fingerprint density at radius 1 is 1.54 bits per heavy atom. The fourth-order valence-corrected chi connectivity index (χ4v) is 2.38. The van der Waals surface area contributed by atoms with E-state index in [9.17, 15) is 0 Å². The summed E-state index contributed by atoms with van der Waals surface area (Å²) in [6.07, 6.45) is 2.44. The van der Waals surface area contributed by atoms with E-state index >= 15 is 0 Å². The molecule has 1 aromatic rings. The monoisotopic (exact) mass is 216 g/mol. The molecule has 0 saturated heterocycles. The molecule has 0 spiro atoms. The lowest BCUT2D eigenvalue weighted by Gasteiger charge is -2.00. The Balaban J connectivity index is 2.32. The zero-order chi connectivity index (χ0) is 9.68. The van der Waals surface area contributed by atoms with Crippen LogP contribution in [0.5, 0.6) is 0 Å². The number of thioether (sulfide) groups is 1. The Hall–Kier alpha value is -0.0900. The average molecular weight is 216 g/mol. The third kappa shape index (κ3) is 3.65. The quantitative estimate of drug-likeness (QED) is 0.463. The summed E-state index contributed by atoms with van der Waals surface area (Å²) >= 11 is 6.05. The topological polar surface area (TPSA) is 17.8 Å². The third-order valence-electron chi connectivity index (χ3n) is 1.76. The van der Waals surface area contributed by atoms with Crippen LogP contribution < -0.4 is 0 Å². The molecular formula is C9H16N2S2. The van der Waals surface area contributed by atoms with Gasteiger partial charge < -0.3 is 0 Å². The van der Waals surface area contributed by atoms with Crippen molar-refractivity contribution in [3.63, 3.8) is 0 Å². The molecule has 0 N–H and O–H groups in total. The van der Waals surface area contributed by atoms with Gasteiger partial charge in [0.25, 0.3) is 0 Å². The molecule has 0 bridgehead atoms. The van der Waals surface area contributed by atoms with E-state index < -0.39 is 0 Å².